The second-order valence-electron chi connectivity index (χ2n) is 4.53. The topological polar surface area (TPSA) is 95.5 Å². The minimum Gasteiger partial charge on any atom is -0.480 e. The molecule has 1 atom stereocenters. The molecule has 1 aromatic rings. The summed E-state index contributed by atoms with van der Waals surface area (Å²) in [6.07, 6.45) is 0.811. The number of aryl methyl sites for hydroxylation is 1. The van der Waals surface area contributed by atoms with E-state index in [1.807, 2.05) is 6.92 Å². The third kappa shape index (κ3) is 4.92. The molecule has 0 saturated carbocycles. The van der Waals surface area contributed by atoms with Crippen molar-refractivity contribution in [1.29, 1.82) is 0 Å². The van der Waals surface area contributed by atoms with Gasteiger partial charge in [-0.1, -0.05) is 17.7 Å². The number of sulfonamides is 1. The van der Waals surface area contributed by atoms with E-state index in [0.29, 0.717) is 12.8 Å². The predicted molar refractivity (Wildman–Crippen MR) is 76.1 cm³/mol. The summed E-state index contributed by atoms with van der Waals surface area (Å²) in [7, 11) is -1.96. The Morgan fingerprint density at radius 3 is 2.40 bits per heavy atom. The van der Waals surface area contributed by atoms with Gasteiger partial charge in [-0.05, 0) is 38.9 Å². The van der Waals surface area contributed by atoms with E-state index in [0.717, 1.165) is 5.56 Å². The molecular formula is C13H20N2O4S. The fraction of sp³-hybridized carbons (Fsp3) is 0.462. The van der Waals surface area contributed by atoms with Gasteiger partial charge in [-0.2, -0.15) is 0 Å². The summed E-state index contributed by atoms with van der Waals surface area (Å²) in [5.74, 6) is -0.936. The molecule has 1 rings (SSSR count). The molecule has 6 nitrogen and oxygen atoms in total. The first-order chi connectivity index (χ1) is 9.36. The van der Waals surface area contributed by atoms with Crippen LogP contribution < -0.4 is 10.0 Å². The summed E-state index contributed by atoms with van der Waals surface area (Å²) in [6.45, 7) is 2.09. The number of aliphatic carboxylic acids is 1. The quantitative estimate of drug-likeness (QED) is 0.615. The van der Waals surface area contributed by atoms with Crippen molar-refractivity contribution in [1.82, 2.24) is 10.0 Å². The third-order valence-corrected chi connectivity index (χ3v) is 4.42. The maximum absolute atomic E-state index is 11.9. The predicted octanol–water partition coefficient (Wildman–Crippen LogP) is 0.726. The number of carboxylic acid groups (broad SMARTS) is 1. The lowest BCUT2D eigenvalue weighted by Gasteiger charge is -2.11. The van der Waals surface area contributed by atoms with E-state index >= 15 is 0 Å². The van der Waals surface area contributed by atoms with E-state index in [-0.39, 0.29) is 11.4 Å². The van der Waals surface area contributed by atoms with Gasteiger partial charge in [0, 0.05) is 6.54 Å². The van der Waals surface area contributed by atoms with Gasteiger partial charge in [0.2, 0.25) is 10.0 Å². The molecule has 0 spiro atoms. The molecule has 7 heteroatoms. The Morgan fingerprint density at radius 2 is 1.90 bits per heavy atom. The van der Waals surface area contributed by atoms with E-state index in [9.17, 15) is 13.2 Å². The van der Waals surface area contributed by atoms with Crippen LogP contribution in [-0.4, -0.2) is 39.1 Å². The fourth-order valence-electron chi connectivity index (χ4n) is 1.70. The molecule has 1 aromatic carbocycles. The van der Waals surface area contributed by atoms with Gasteiger partial charge >= 0.3 is 5.97 Å². The van der Waals surface area contributed by atoms with Crippen molar-refractivity contribution >= 4 is 16.0 Å². The molecule has 0 amide bonds. The standard InChI is InChI=1S/C13H20N2O4S/c1-10-5-7-11(8-6-10)20(18,19)15-9-3-4-12(14-2)13(16)17/h5-8,12,14-15H,3-4,9H2,1-2H3,(H,16,17)/t12-/m1/s1. The van der Waals surface area contributed by atoms with Crippen LogP contribution in [0.1, 0.15) is 18.4 Å². The first kappa shape index (κ1) is 16.6. The van der Waals surface area contributed by atoms with Gasteiger partial charge in [-0.3, -0.25) is 4.79 Å². The highest BCUT2D eigenvalue weighted by atomic mass is 32.2. The van der Waals surface area contributed by atoms with Gasteiger partial charge in [-0.25, -0.2) is 13.1 Å². The maximum Gasteiger partial charge on any atom is 0.320 e. The minimum absolute atomic E-state index is 0.210. The van der Waals surface area contributed by atoms with E-state index in [1.165, 1.54) is 0 Å². The Balaban J connectivity index is 2.48. The molecule has 0 aromatic heterocycles. The summed E-state index contributed by atoms with van der Waals surface area (Å²) >= 11 is 0. The molecule has 0 heterocycles. The lowest BCUT2D eigenvalue weighted by Crippen LogP contribution is -2.35. The van der Waals surface area contributed by atoms with Gasteiger partial charge in [0.1, 0.15) is 6.04 Å². The van der Waals surface area contributed by atoms with Crippen molar-refractivity contribution in [2.75, 3.05) is 13.6 Å². The Morgan fingerprint density at radius 1 is 1.30 bits per heavy atom. The molecule has 0 unspecified atom stereocenters. The van der Waals surface area contributed by atoms with Crippen LogP contribution in [0.4, 0.5) is 0 Å². The van der Waals surface area contributed by atoms with Crippen LogP contribution in [0.2, 0.25) is 0 Å². The van der Waals surface area contributed by atoms with Crippen molar-refractivity contribution in [3.05, 3.63) is 29.8 Å². The molecule has 112 valence electrons. The molecule has 0 radical (unpaired) electrons. The molecule has 0 bridgehead atoms. The van der Waals surface area contributed by atoms with Crippen molar-refractivity contribution in [3.63, 3.8) is 0 Å². The van der Waals surface area contributed by atoms with Gasteiger partial charge in [0.05, 0.1) is 4.90 Å². The smallest absolute Gasteiger partial charge is 0.320 e. The summed E-state index contributed by atoms with van der Waals surface area (Å²) in [5.41, 5.74) is 0.988. The van der Waals surface area contributed by atoms with Crippen LogP contribution in [0, 0.1) is 6.92 Å². The zero-order valence-electron chi connectivity index (χ0n) is 11.6. The summed E-state index contributed by atoms with van der Waals surface area (Å²) < 4.78 is 26.4. The SMILES string of the molecule is CN[C@H](CCCNS(=O)(=O)c1ccc(C)cc1)C(=O)O. The van der Waals surface area contributed by atoms with E-state index in [2.05, 4.69) is 10.0 Å². The Hall–Kier alpha value is -1.44. The number of rotatable bonds is 8. The highest BCUT2D eigenvalue weighted by molar-refractivity contribution is 7.89. The summed E-state index contributed by atoms with van der Waals surface area (Å²) in [6, 6.07) is 5.90. The molecular weight excluding hydrogens is 280 g/mol. The maximum atomic E-state index is 11.9. The summed E-state index contributed by atoms with van der Waals surface area (Å²) in [4.78, 5) is 11.0. The Bertz CT molecular complexity index is 540. The highest BCUT2D eigenvalue weighted by Crippen LogP contribution is 2.09. The number of carbonyl (C=O) groups is 1. The zero-order chi connectivity index (χ0) is 15.2. The second kappa shape index (κ2) is 7.37. The first-order valence-corrected chi connectivity index (χ1v) is 7.81. The van der Waals surface area contributed by atoms with Crippen LogP contribution in [0.5, 0.6) is 0 Å². The molecule has 0 aliphatic heterocycles. The normalized spacial score (nSPS) is 13.1. The highest BCUT2D eigenvalue weighted by Gasteiger charge is 2.16. The van der Waals surface area contributed by atoms with Crippen LogP contribution in [0.25, 0.3) is 0 Å². The minimum atomic E-state index is -3.52. The molecule has 20 heavy (non-hydrogen) atoms. The van der Waals surface area contributed by atoms with Crippen LogP contribution in [-0.2, 0) is 14.8 Å². The second-order valence-corrected chi connectivity index (χ2v) is 6.30. The zero-order valence-corrected chi connectivity index (χ0v) is 12.4. The fourth-order valence-corrected chi connectivity index (χ4v) is 2.78. The van der Waals surface area contributed by atoms with Crippen LogP contribution in [0.3, 0.4) is 0 Å². The largest absolute Gasteiger partial charge is 0.480 e. The van der Waals surface area contributed by atoms with E-state index in [4.69, 9.17) is 5.11 Å². The number of likely N-dealkylation sites (N-methyl/N-ethyl adjacent to an activating group) is 1. The molecule has 0 saturated heterocycles. The number of hydrogen-bond acceptors (Lipinski definition) is 4. The number of carboxylic acids is 1. The van der Waals surface area contributed by atoms with Crippen molar-refractivity contribution in [3.8, 4) is 0 Å². The van der Waals surface area contributed by atoms with Gasteiger partial charge in [0.15, 0.2) is 0 Å². The molecule has 3 N–H and O–H groups in total. The molecule has 0 fully saturated rings. The van der Waals surface area contributed by atoms with Gasteiger partial charge < -0.3 is 10.4 Å². The Labute approximate surface area is 119 Å². The Kier molecular flexibility index (Phi) is 6.12. The number of nitrogens with one attached hydrogen (secondary N) is 2. The average molecular weight is 300 g/mol. The van der Waals surface area contributed by atoms with Crippen molar-refractivity contribution < 1.29 is 18.3 Å². The van der Waals surface area contributed by atoms with Gasteiger partial charge in [-0.15, -0.1) is 0 Å². The average Bonchev–Trinajstić information content (AvgIpc) is 2.38. The summed E-state index contributed by atoms with van der Waals surface area (Å²) in [5, 5.41) is 11.5. The van der Waals surface area contributed by atoms with Gasteiger partial charge in [0.25, 0.3) is 0 Å². The molecule has 0 aliphatic rings. The van der Waals surface area contributed by atoms with Crippen molar-refractivity contribution in [2.24, 2.45) is 0 Å². The number of hydrogen-bond donors (Lipinski definition) is 3. The van der Waals surface area contributed by atoms with Crippen molar-refractivity contribution in [2.45, 2.75) is 30.7 Å². The van der Waals surface area contributed by atoms with E-state index < -0.39 is 22.0 Å². The third-order valence-electron chi connectivity index (χ3n) is 2.94. The monoisotopic (exact) mass is 300 g/mol. The van der Waals surface area contributed by atoms with Crippen LogP contribution in [0.15, 0.2) is 29.2 Å². The van der Waals surface area contributed by atoms with Crippen LogP contribution >= 0.6 is 0 Å². The number of benzene rings is 1. The lowest BCUT2D eigenvalue weighted by atomic mass is 10.1. The van der Waals surface area contributed by atoms with E-state index in [1.54, 1.807) is 31.3 Å². The molecule has 0 aliphatic carbocycles. The lowest BCUT2D eigenvalue weighted by molar-refractivity contribution is -0.139. The first-order valence-electron chi connectivity index (χ1n) is 6.33.